The van der Waals surface area contributed by atoms with Gasteiger partial charge in [-0.05, 0) is 40.5 Å². The van der Waals surface area contributed by atoms with Gasteiger partial charge in [-0.1, -0.05) is 12.1 Å². The second-order valence-electron chi connectivity index (χ2n) is 3.66. The van der Waals surface area contributed by atoms with E-state index in [0.29, 0.717) is 6.42 Å². The fourth-order valence-electron chi connectivity index (χ4n) is 1.44. The van der Waals surface area contributed by atoms with Gasteiger partial charge in [-0.2, -0.15) is 0 Å². The Bertz CT molecular complexity index is 539. The predicted octanol–water partition coefficient (Wildman–Crippen LogP) is 3.40. The zero-order valence-electron chi connectivity index (χ0n) is 9.24. The zero-order valence-corrected chi connectivity index (χ0v) is 11.6. The molecule has 1 aromatic carbocycles. The zero-order chi connectivity index (χ0) is 12.3. The fourth-order valence-corrected chi connectivity index (χ4v) is 2.70. The van der Waals surface area contributed by atoms with E-state index in [-0.39, 0.29) is 5.91 Å². The van der Waals surface area contributed by atoms with Crippen LogP contribution in [0.4, 0.5) is 5.69 Å². The first-order valence-electron chi connectivity index (χ1n) is 5.10. The number of carbonyl (C=O) groups excluding carboxylic acids is 1. The van der Waals surface area contributed by atoms with Crippen LogP contribution in [0.25, 0.3) is 0 Å². The summed E-state index contributed by atoms with van der Waals surface area (Å²) in [6, 6.07) is 7.73. The van der Waals surface area contributed by atoms with Gasteiger partial charge in [0.2, 0.25) is 5.91 Å². The normalized spacial score (nSPS) is 10.2. The van der Waals surface area contributed by atoms with Gasteiger partial charge in [0.15, 0.2) is 0 Å². The van der Waals surface area contributed by atoms with Crippen molar-refractivity contribution in [2.75, 3.05) is 5.32 Å². The lowest BCUT2D eigenvalue weighted by atomic mass is 10.2. The van der Waals surface area contributed by atoms with Gasteiger partial charge >= 0.3 is 0 Å². The van der Waals surface area contributed by atoms with Crippen LogP contribution in [0.2, 0.25) is 0 Å². The average molecular weight is 311 g/mol. The van der Waals surface area contributed by atoms with E-state index in [9.17, 15) is 4.79 Å². The lowest BCUT2D eigenvalue weighted by Crippen LogP contribution is -2.14. The van der Waals surface area contributed by atoms with Gasteiger partial charge in [0.05, 0.1) is 6.42 Å². The topological polar surface area (TPSA) is 42.0 Å². The standard InChI is InChI=1S/C12H11BrN2OS/c1-8-3-2-4-9(5-8)14-11(16)6-12-15-10(13)7-17-12/h2-5,7H,6H2,1H3,(H,14,16). The second-order valence-corrected chi connectivity index (χ2v) is 5.41. The van der Waals surface area contributed by atoms with Crippen molar-refractivity contribution in [2.24, 2.45) is 0 Å². The molecule has 0 spiro atoms. The van der Waals surface area contributed by atoms with Crippen LogP contribution < -0.4 is 5.32 Å². The van der Waals surface area contributed by atoms with Crippen molar-refractivity contribution in [3.63, 3.8) is 0 Å². The minimum absolute atomic E-state index is 0.0440. The number of halogens is 1. The van der Waals surface area contributed by atoms with E-state index < -0.39 is 0 Å². The minimum Gasteiger partial charge on any atom is -0.326 e. The van der Waals surface area contributed by atoms with Crippen molar-refractivity contribution in [1.29, 1.82) is 0 Å². The number of aromatic nitrogens is 1. The number of nitrogens with one attached hydrogen (secondary N) is 1. The molecule has 1 amide bonds. The molecule has 0 unspecified atom stereocenters. The van der Waals surface area contributed by atoms with Crippen molar-refractivity contribution in [2.45, 2.75) is 13.3 Å². The molecule has 1 aromatic heterocycles. The molecule has 0 aliphatic heterocycles. The highest BCUT2D eigenvalue weighted by Crippen LogP contribution is 2.16. The summed E-state index contributed by atoms with van der Waals surface area (Å²) in [7, 11) is 0. The number of nitrogens with zero attached hydrogens (tertiary/aromatic N) is 1. The molecule has 2 aromatic rings. The number of carbonyl (C=O) groups is 1. The summed E-state index contributed by atoms with van der Waals surface area (Å²) in [6.07, 6.45) is 0.310. The number of thiazole rings is 1. The molecule has 0 bridgehead atoms. The van der Waals surface area contributed by atoms with Gasteiger partial charge in [0, 0.05) is 11.1 Å². The van der Waals surface area contributed by atoms with Crippen LogP contribution in [-0.2, 0) is 11.2 Å². The highest BCUT2D eigenvalue weighted by Gasteiger charge is 2.07. The number of rotatable bonds is 3. The van der Waals surface area contributed by atoms with E-state index >= 15 is 0 Å². The predicted molar refractivity (Wildman–Crippen MR) is 73.3 cm³/mol. The second kappa shape index (κ2) is 5.42. The van der Waals surface area contributed by atoms with Crippen molar-refractivity contribution < 1.29 is 4.79 Å². The van der Waals surface area contributed by atoms with E-state index in [1.54, 1.807) is 0 Å². The molecule has 0 atom stereocenters. The molecular weight excluding hydrogens is 300 g/mol. The molecule has 1 N–H and O–H groups in total. The molecule has 17 heavy (non-hydrogen) atoms. The number of hydrogen-bond donors (Lipinski definition) is 1. The first kappa shape index (κ1) is 12.3. The third-order valence-corrected chi connectivity index (χ3v) is 3.70. The van der Waals surface area contributed by atoms with Gasteiger partial charge in [-0.25, -0.2) is 4.98 Å². The van der Waals surface area contributed by atoms with Crippen LogP contribution >= 0.6 is 27.3 Å². The molecule has 3 nitrogen and oxygen atoms in total. The number of amides is 1. The van der Waals surface area contributed by atoms with Crippen LogP contribution in [0.3, 0.4) is 0 Å². The summed E-state index contributed by atoms with van der Waals surface area (Å²) < 4.78 is 0.779. The van der Waals surface area contributed by atoms with Gasteiger partial charge < -0.3 is 5.32 Å². The lowest BCUT2D eigenvalue weighted by molar-refractivity contribution is -0.115. The number of aryl methyl sites for hydroxylation is 1. The van der Waals surface area contributed by atoms with E-state index in [4.69, 9.17) is 0 Å². The monoisotopic (exact) mass is 310 g/mol. The van der Waals surface area contributed by atoms with Crippen LogP contribution in [0, 0.1) is 6.92 Å². The van der Waals surface area contributed by atoms with Gasteiger partial charge in [-0.15, -0.1) is 11.3 Å². The smallest absolute Gasteiger partial charge is 0.231 e. The summed E-state index contributed by atoms with van der Waals surface area (Å²) in [5.41, 5.74) is 1.95. The molecule has 0 radical (unpaired) electrons. The van der Waals surface area contributed by atoms with Crippen molar-refractivity contribution in [3.8, 4) is 0 Å². The maximum absolute atomic E-state index is 11.7. The Balaban J connectivity index is 1.98. The van der Waals surface area contributed by atoms with Gasteiger partial charge in [0.25, 0.3) is 0 Å². The van der Waals surface area contributed by atoms with Crippen molar-refractivity contribution in [3.05, 3.63) is 44.8 Å². The highest BCUT2D eigenvalue weighted by molar-refractivity contribution is 9.10. The quantitative estimate of drug-likeness (QED) is 0.944. The molecule has 5 heteroatoms. The van der Waals surface area contributed by atoms with Gasteiger partial charge in [0.1, 0.15) is 9.61 Å². The van der Waals surface area contributed by atoms with Crippen LogP contribution in [-0.4, -0.2) is 10.9 Å². The Hall–Kier alpha value is -1.20. The summed E-state index contributed by atoms with van der Waals surface area (Å²) in [5, 5.41) is 5.53. The summed E-state index contributed by atoms with van der Waals surface area (Å²) in [6.45, 7) is 1.99. The Morgan fingerprint density at radius 3 is 3.00 bits per heavy atom. The molecule has 0 saturated heterocycles. The summed E-state index contributed by atoms with van der Waals surface area (Å²) in [5.74, 6) is -0.0440. The minimum atomic E-state index is -0.0440. The van der Waals surface area contributed by atoms with Crippen LogP contribution in [0.15, 0.2) is 34.2 Å². The molecular formula is C12H11BrN2OS. The summed E-state index contributed by atoms with van der Waals surface area (Å²) >= 11 is 4.74. The Morgan fingerprint density at radius 1 is 1.53 bits per heavy atom. The van der Waals surface area contributed by atoms with E-state index in [1.165, 1.54) is 11.3 Å². The molecule has 0 aliphatic rings. The van der Waals surface area contributed by atoms with Crippen LogP contribution in [0.5, 0.6) is 0 Å². The van der Waals surface area contributed by atoms with E-state index in [2.05, 4.69) is 26.2 Å². The van der Waals surface area contributed by atoms with Crippen molar-refractivity contribution in [1.82, 2.24) is 4.98 Å². The number of hydrogen-bond acceptors (Lipinski definition) is 3. The third kappa shape index (κ3) is 3.64. The Kier molecular flexibility index (Phi) is 3.91. The lowest BCUT2D eigenvalue weighted by Gasteiger charge is -2.04. The number of benzene rings is 1. The van der Waals surface area contributed by atoms with Crippen LogP contribution in [0.1, 0.15) is 10.6 Å². The largest absolute Gasteiger partial charge is 0.326 e. The Morgan fingerprint density at radius 2 is 2.35 bits per heavy atom. The maximum atomic E-state index is 11.7. The maximum Gasteiger partial charge on any atom is 0.231 e. The molecule has 0 fully saturated rings. The van der Waals surface area contributed by atoms with Gasteiger partial charge in [-0.3, -0.25) is 4.79 Å². The Labute approximate surface area is 112 Å². The summed E-state index contributed by atoms with van der Waals surface area (Å²) in [4.78, 5) is 15.9. The molecule has 0 saturated carbocycles. The SMILES string of the molecule is Cc1cccc(NC(=O)Cc2nc(Br)cs2)c1. The average Bonchev–Trinajstić information content (AvgIpc) is 2.63. The molecule has 88 valence electrons. The third-order valence-electron chi connectivity index (χ3n) is 2.14. The van der Waals surface area contributed by atoms with E-state index in [0.717, 1.165) is 20.9 Å². The first-order chi connectivity index (χ1) is 8.13. The molecule has 0 aliphatic carbocycles. The van der Waals surface area contributed by atoms with E-state index in [1.807, 2.05) is 36.6 Å². The molecule has 1 heterocycles. The number of anilines is 1. The highest BCUT2D eigenvalue weighted by atomic mass is 79.9. The molecule has 2 rings (SSSR count). The first-order valence-corrected chi connectivity index (χ1v) is 6.77. The fraction of sp³-hybridized carbons (Fsp3) is 0.167. The van der Waals surface area contributed by atoms with Crippen molar-refractivity contribution >= 4 is 38.9 Å².